The average molecular weight is 366 g/mol. The molecule has 5 nitrogen and oxygen atoms in total. The fraction of sp³-hybridized carbons (Fsp3) is 0.364. The molecule has 1 saturated heterocycles. The van der Waals surface area contributed by atoms with Crippen molar-refractivity contribution < 1.29 is 14.3 Å². The number of likely N-dealkylation sites (tertiary alicyclic amines) is 1. The lowest BCUT2D eigenvalue weighted by Crippen LogP contribution is -2.42. The van der Waals surface area contributed by atoms with Crippen LogP contribution in [-0.4, -0.2) is 29.8 Å². The SMILES string of the molecule is O=C(CN1CCCCC1=O)NCc1ccccc1COCc1ccccc1. The van der Waals surface area contributed by atoms with Crippen molar-refractivity contribution in [1.29, 1.82) is 0 Å². The third-order valence-electron chi connectivity index (χ3n) is 4.72. The second-order valence-corrected chi connectivity index (χ2v) is 6.80. The molecule has 142 valence electrons. The van der Waals surface area contributed by atoms with E-state index in [1.165, 1.54) is 0 Å². The van der Waals surface area contributed by atoms with Crippen LogP contribution in [0.2, 0.25) is 0 Å². The zero-order chi connectivity index (χ0) is 18.9. The Balaban J connectivity index is 1.48. The lowest BCUT2D eigenvalue weighted by Gasteiger charge is -2.26. The number of ether oxygens (including phenoxy) is 1. The number of benzene rings is 2. The highest BCUT2D eigenvalue weighted by atomic mass is 16.5. The van der Waals surface area contributed by atoms with Gasteiger partial charge in [-0.1, -0.05) is 54.6 Å². The second kappa shape index (κ2) is 9.88. The fourth-order valence-electron chi connectivity index (χ4n) is 3.18. The summed E-state index contributed by atoms with van der Waals surface area (Å²) in [7, 11) is 0. The highest BCUT2D eigenvalue weighted by Crippen LogP contribution is 2.12. The van der Waals surface area contributed by atoms with Crippen molar-refractivity contribution in [3.8, 4) is 0 Å². The lowest BCUT2D eigenvalue weighted by molar-refractivity contribution is -0.137. The van der Waals surface area contributed by atoms with Gasteiger partial charge in [0, 0.05) is 19.5 Å². The zero-order valence-corrected chi connectivity index (χ0v) is 15.5. The average Bonchev–Trinajstić information content (AvgIpc) is 2.70. The van der Waals surface area contributed by atoms with Gasteiger partial charge in [0.05, 0.1) is 19.8 Å². The maximum Gasteiger partial charge on any atom is 0.239 e. The van der Waals surface area contributed by atoms with Gasteiger partial charge in [-0.25, -0.2) is 0 Å². The summed E-state index contributed by atoms with van der Waals surface area (Å²) in [6.07, 6.45) is 2.45. The van der Waals surface area contributed by atoms with Crippen LogP contribution in [0.5, 0.6) is 0 Å². The van der Waals surface area contributed by atoms with Gasteiger partial charge in [0.2, 0.25) is 11.8 Å². The van der Waals surface area contributed by atoms with Gasteiger partial charge in [-0.2, -0.15) is 0 Å². The molecule has 1 heterocycles. The number of amides is 2. The van der Waals surface area contributed by atoms with Gasteiger partial charge in [-0.3, -0.25) is 9.59 Å². The van der Waals surface area contributed by atoms with E-state index in [1.54, 1.807) is 4.90 Å². The summed E-state index contributed by atoms with van der Waals surface area (Å²) < 4.78 is 5.82. The summed E-state index contributed by atoms with van der Waals surface area (Å²) in [4.78, 5) is 25.7. The number of piperidine rings is 1. The van der Waals surface area contributed by atoms with Crippen molar-refractivity contribution in [2.24, 2.45) is 0 Å². The normalized spacial score (nSPS) is 14.2. The van der Waals surface area contributed by atoms with E-state index in [2.05, 4.69) is 5.32 Å². The first kappa shape index (κ1) is 19.1. The molecule has 0 unspecified atom stereocenters. The Hall–Kier alpha value is -2.66. The number of carbonyl (C=O) groups excluding carboxylic acids is 2. The smallest absolute Gasteiger partial charge is 0.239 e. The summed E-state index contributed by atoms with van der Waals surface area (Å²) in [6, 6.07) is 18.0. The van der Waals surface area contributed by atoms with E-state index in [0.717, 1.165) is 29.5 Å². The van der Waals surface area contributed by atoms with Gasteiger partial charge in [0.25, 0.3) is 0 Å². The van der Waals surface area contributed by atoms with Gasteiger partial charge < -0.3 is 15.0 Å². The van der Waals surface area contributed by atoms with E-state index in [0.29, 0.717) is 32.7 Å². The van der Waals surface area contributed by atoms with Gasteiger partial charge in [-0.05, 0) is 29.5 Å². The quantitative estimate of drug-likeness (QED) is 0.781. The van der Waals surface area contributed by atoms with E-state index in [4.69, 9.17) is 4.74 Å². The second-order valence-electron chi connectivity index (χ2n) is 6.80. The molecular weight excluding hydrogens is 340 g/mol. The fourth-order valence-corrected chi connectivity index (χ4v) is 3.18. The molecule has 0 aliphatic carbocycles. The first-order valence-electron chi connectivity index (χ1n) is 9.45. The Morgan fingerprint density at radius 1 is 0.963 bits per heavy atom. The standard InChI is InChI=1S/C22H26N2O3/c25-21(15-24-13-7-6-12-22(24)26)23-14-19-10-4-5-11-20(19)17-27-16-18-8-2-1-3-9-18/h1-5,8-11H,6-7,12-17H2,(H,23,25). The molecule has 1 fully saturated rings. The summed E-state index contributed by atoms with van der Waals surface area (Å²) in [5.74, 6) is -0.0450. The maximum absolute atomic E-state index is 12.2. The number of hydrogen-bond donors (Lipinski definition) is 1. The number of carbonyl (C=O) groups is 2. The first-order valence-corrected chi connectivity index (χ1v) is 9.45. The van der Waals surface area contributed by atoms with E-state index < -0.39 is 0 Å². The predicted molar refractivity (Wildman–Crippen MR) is 104 cm³/mol. The van der Waals surface area contributed by atoms with Crippen LogP contribution in [0.25, 0.3) is 0 Å². The molecule has 2 aromatic rings. The molecule has 1 N–H and O–H groups in total. The highest BCUT2D eigenvalue weighted by molar-refractivity contribution is 5.85. The molecule has 1 aliphatic heterocycles. The molecule has 3 rings (SSSR count). The third-order valence-corrected chi connectivity index (χ3v) is 4.72. The molecular formula is C22H26N2O3. The molecule has 0 radical (unpaired) electrons. The van der Waals surface area contributed by atoms with Crippen LogP contribution in [0.15, 0.2) is 54.6 Å². The number of hydrogen-bond acceptors (Lipinski definition) is 3. The minimum absolute atomic E-state index is 0.0751. The van der Waals surface area contributed by atoms with Crippen molar-refractivity contribution in [3.63, 3.8) is 0 Å². The largest absolute Gasteiger partial charge is 0.372 e. The van der Waals surface area contributed by atoms with Crippen LogP contribution in [-0.2, 0) is 34.1 Å². The molecule has 0 bridgehead atoms. The summed E-state index contributed by atoms with van der Waals surface area (Å²) >= 11 is 0. The van der Waals surface area contributed by atoms with E-state index in [1.807, 2.05) is 54.6 Å². The summed E-state index contributed by atoms with van der Waals surface area (Å²) in [6.45, 7) is 2.30. The number of nitrogens with one attached hydrogen (secondary N) is 1. The third kappa shape index (κ3) is 5.93. The molecule has 0 spiro atoms. The van der Waals surface area contributed by atoms with Gasteiger partial charge in [-0.15, -0.1) is 0 Å². The van der Waals surface area contributed by atoms with Gasteiger partial charge in [0.1, 0.15) is 0 Å². The van der Waals surface area contributed by atoms with Crippen LogP contribution in [0, 0.1) is 0 Å². The topological polar surface area (TPSA) is 58.6 Å². The van der Waals surface area contributed by atoms with E-state index in [-0.39, 0.29) is 18.4 Å². The van der Waals surface area contributed by atoms with Crippen molar-refractivity contribution >= 4 is 11.8 Å². The Morgan fingerprint density at radius 2 is 1.70 bits per heavy atom. The first-order chi connectivity index (χ1) is 13.2. The molecule has 27 heavy (non-hydrogen) atoms. The lowest BCUT2D eigenvalue weighted by atomic mass is 10.1. The van der Waals surface area contributed by atoms with Crippen LogP contribution < -0.4 is 5.32 Å². The van der Waals surface area contributed by atoms with Gasteiger partial charge in [0.15, 0.2) is 0 Å². The molecule has 2 aromatic carbocycles. The van der Waals surface area contributed by atoms with Crippen molar-refractivity contribution in [2.75, 3.05) is 13.1 Å². The van der Waals surface area contributed by atoms with Crippen LogP contribution in [0.1, 0.15) is 36.0 Å². The summed E-state index contributed by atoms with van der Waals surface area (Å²) in [5.41, 5.74) is 3.22. The highest BCUT2D eigenvalue weighted by Gasteiger charge is 2.20. The molecule has 0 saturated carbocycles. The van der Waals surface area contributed by atoms with E-state index in [9.17, 15) is 9.59 Å². The van der Waals surface area contributed by atoms with Crippen molar-refractivity contribution in [3.05, 3.63) is 71.3 Å². The van der Waals surface area contributed by atoms with Crippen LogP contribution >= 0.6 is 0 Å². The van der Waals surface area contributed by atoms with E-state index >= 15 is 0 Å². The van der Waals surface area contributed by atoms with Gasteiger partial charge >= 0.3 is 0 Å². The van der Waals surface area contributed by atoms with Crippen LogP contribution in [0.3, 0.4) is 0 Å². The monoisotopic (exact) mass is 366 g/mol. The van der Waals surface area contributed by atoms with Crippen molar-refractivity contribution in [1.82, 2.24) is 10.2 Å². The molecule has 1 aliphatic rings. The minimum atomic E-state index is -0.120. The molecule has 0 aromatic heterocycles. The maximum atomic E-state index is 12.2. The Kier molecular flexibility index (Phi) is 6.99. The predicted octanol–water partition coefficient (Wildman–Crippen LogP) is 3.03. The Labute approximate surface area is 160 Å². The number of rotatable bonds is 8. The molecule has 5 heteroatoms. The summed E-state index contributed by atoms with van der Waals surface area (Å²) in [5, 5.41) is 2.93. The minimum Gasteiger partial charge on any atom is -0.372 e. The Morgan fingerprint density at radius 3 is 2.48 bits per heavy atom. The molecule has 0 atom stereocenters. The number of nitrogens with zero attached hydrogens (tertiary/aromatic N) is 1. The van der Waals surface area contributed by atoms with Crippen molar-refractivity contribution in [2.45, 2.75) is 39.0 Å². The zero-order valence-electron chi connectivity index (χ0n) is 15.5. The Bertz CT molecular complexity index is 761. The molecule has 2 amide bonds. The van der Waals surface area contributed by atoms with Crippen LogP contribution in [0.4, 0.5) is 0 Å².